The van der Waals surface area contributed by atoms with E-state index in [1.54, 1.807) is 26.2 Å². The Hall–Kier alpha value is -1.13. The van der Waals surface area contributed by atoms with Gasteiger partial charge in [0.15, 0.2) is 0 Å². The average Bonchev–Trinajstić information content (AvgIpc) is 3.45. The van der Waals surface area contributed by atoms with Crippen molar-refractivity contribution in [3.63, 3.8) is 0 Å². The van der Waals surface area contributed by atoms with Crippen LogP contribution in [-0.4, -0.2) is 80.7 Å². The molecule has 5 unspecified atom stereocenters. The number of likely N-dealkylation sites (N-methyl/N-ethyl adjacent to an activating group) is 1. The molecule has 12 heteroatoms. The summed E-state index contributed by atoms with van der Waals surface area (Å²) >= 11 is 0. The summed E-state index contributed by atoms with van der Waals surface area (Å²) in [4.78, 5) is 33.0. The van der Waals surface area contributed by atoms with E-state index >= 15 is 0 Å². The molecule has 2 heterocycles. The first-order valence-electron chi connectivity index (χ1n) is 14.5. The van der Waals surface area contributed by atoms with E-state index in [1.165, 1.54) is 43.4 Å². The maximum Gasteiger partial charge on any atom is 0.237 e. The van der Waals surface area contributed by atoms with Gasteiger partial charge in [0.25, 0.3) is 0 Å². The summed E-state index contributed by atoms with van der Waals surface area (Å²) in [5.74, 6) is 3.97. The number of aromatic hydroxyl groups is 1. The standard InChI is InChI=1S/C20H26N2O2.C10H17N2O3.H2O.V.Y/c1-24-20-18(21-17-10-9-15(23)12-19(17)22-20)6-4-2-3-5-13-7-8-14-11-16(13)14;1-3-11(15)6-10(14)12-5-4-8(2)9(12)7-13;;;/h9-10,12-14,16,23H,2-8,11H2,1H3;8-9,15H,3-6H2,1-2H3;1H2;;/q;-1;;;. The van der Waals surface area contributed by atoms with Crippen molar-refractivity contribution in [3.8, 4) is 11.6 Å². The summed E-state index contributed by atoms with van der Waals surface area (Å²) in [5.41, 5.74) is 2.42. The van der Waals surface area contributed by atoms with Gasteiger partial charge >= 0.3 is 0 Å². The van der Waals surface area contributed by atoms with Crippen LogP contribution in [0.4, 0.5) is 0 Å². The number of likely N-dealkylation sites (tertiary alicyclic amines) is 1. The van der Waals surface area contributed by atoms with Crippen LogP contribution in [0.3, 0.4) is 0 Å². The molecule has 1 aromatic heterocycles. The first-order chi connectivity index (χ1) is 18.8. The number of hydrogen-bond acceptors (Lipinski definition) is 8. The van der Waals surface area contributed by atoms with Gasteiger partial charge in [-0.3, -0.25) is 4.79 Å². The summed E-state index contributed by atoms with van der Waals surface area (Å²) in [6.07, 6.45) is 13.3. The normalized spacial score (nSPS) is 23.5. The molecule has 2 aromatic rings. The van der Waals surface area contributed by atoms with Gasteiger partial charge in [-0.05, 0) is 74.3 Å². The first-order valence-corrected chi connectivity index (χ1v) is 14.5. The number of nitrogens with zero attached hydrogens (tertiary/aromatic N) is 4. The Labute approximate surface area is 286 Å². The SMILES string of the molecule is CCN(O)CC(=O)N1CCC(C)C1[C-]=O.COc1nc2cc(O)ccc2nc1CCCCCC1CCC2CC12.O.[V].[Y]. The maximum atomic E-state index is 11.7. The molecule has 2 radical (unpaired) electrons. The van der Waals surface area contributed by atoms with E-state index in [0.29, 0.717) is 24.5 Å². The zero-order valence-corrected chi connectivity index (χ0v) is 29.3. The van der Waals surface area contributed by atoms with Crippen LogP contribution in [-0.2, 0) is 67.3 Å². The van der Waals surface area contributed by atoms with Crippen LogP contribution in [0.1, 0.15) is 70.9 Å². The van der Waals surface area contributed by atoms with Crippen molar-refractivity contribution in [2.24, 2.45) is 23.7 Å². The number of carbonyl (C=O) groups is 1. The van der Waals surface area contributed by atoms with Gasteiger partial charge in [-0.2, -0.15) is 5.06 Å². The second kappa shape index (κ2) is 18.6. The Morgan fingerprint density at radius 2 is 1.93 bits per heavy atom. The molecule has 0 spiro atoms. The number of methoxy groups -OCH3 is 1. The molecule has 42 heavy (non-hydrogen) atoms. The van der Waals surface area contributed by atoms with E-state index in [-0.39, 0.29) is 80.9 Å². The molecule has 1 amide bonds. The second-order valence-corrected chi connectivity index (χ2v) is 11.3. The number of aromatic nitrogens is 2. The first kappa shape index (κ1) is 38.9. The molecule has 3 fully saturated rings. The third kappa shape index (κ3) is 10.2. The van der Waals surface area contributed by atoms with Gasteiger partial charge in [-0.1, -0.05) is 39.2 Å². The molecular weight excluding hydrogens is 652 g/mol. The van der Waals surface area contributed by atoms with Gasteiger partial charge in [-0.25, -0.2) is 16.3 Å². The fourth-order valence-corrected chi connectivity index (χ4v) is 6.21. The van der Waals surface area contributed by atoms with Crippen molar-refractivity contribution < 1.29 is 81.4 Å². The molecule has 2 aliphatic carbocycles. The summed E-state index contributed by atoms with van der Waals surface area (Å²) in [5, 5.41) is 19.7. The van der Waals surface area contributed by atoms with Crippen LogP contribution in [0.2, 0.25) is 0 Å². The summed E-state index contributed by atoms with van der Waals surface area (Å²) in [7, 11) is 1.63. The topological polar surface area (TPSA) is 148 Å². The number of benzene rings is 1. The molecule has 10 nitrogen and oxygen atoms in total. The summed E-state index contributed by atoms with van der Waals surface area (Å²) in [6.45, 7) is 4.60. The van der Waals surface area contributed by atoms with Gasteiger partial charge in [0.05, 0.1) is 18.1 Å². The summed E-state index contributed by atoms with van der Waals surface area (Å²) < 4.78 is 5.40. The van der Waals surface area contributed by atoms with Crippen LogP contribution in [0.5, 0.6) is 11.6 Å². The summed E-state index contributed by atoms with van der Waals surface area (Å²) in [6, 6.07) is 4.65. The van der Waals surface area contributed by atoms with Crippen molar-refractivity contribution in [3.05, 3.63) is 23.9 Å². The zero-order valence-electron chi connectivity index (χ0n) is 25.0. The minimum absolute atomic E-state index is 0. The van der Waals surface area contributed by atoms with Crippen LogP contribution >= 0.6 is 0 Å². The molecule has 1 aromatic carbocycles. The molecule has 1 saturated heterocycles. The number of amides is 1. The number of phenolic OH excluding ortho intramolecular Hbond substituents is 1. The van der Waals surface area contributed by atoms with Crippen molar-refractivity contribution in [2.75, 3.05) is 26.7 Å². The van der Waals surface area contributed by atoms with Crippen LogP contribution in [0, 0.1) is 23.7 Å². The third-order valence-electron chi connectivity index (χ3n) is 8.68. The van der Waals surface area contributed by atoms with Crippen molar-refractivity contribution >= 4 is 23.2 Å². The van der Waals surface area contributed by atoms with E-state index in [2.05, 4.69) is 9.97 Å². The molecule has 0 bridgehead atoms. The van der Waals surface area contributed by atoms with E-state index in [0.717, 1.165) is 53.3 Å². The molecule has 3 aliphatic rings. The minimum Gasteiger partial charge on any atom is -0.540 e. The minimum atomic E-state index is -0.442. The Morgan fingerprint density at radius 3 is 2.55 bits per heavy atom. The predicted molar refractivity (Wildman–Crippen MR) is 152 cm³/mol. The van der Waals surface area contributed by atoms with E-state index < -0.39 is 6.04 Å². The van der Waals surface area contributed by atoms with Crippen LogP contribution in [0.15, 0.2) is 18.2 Å². The molecule has 2 saturated carbocycles. The number of hydroxylamine groups is 2. The van der Waals surface area contributed by atoms with Crippen LogP contribution < -0.4 is 4.74 Å². The molecule has 5 atom stereocenters. The number of fused-ring (bicyclic) bond motifs is 2. The molecule has 5 rings (SSSR count). The van der Waals surface area contributed by atoms with E-state index in [1.807, 2.05) is 19.3 Å². The predicted octanol–water partition coefficient (Wildman–Crippen LogP) is 3.71. The smallest absolute Gasteiger partial charge is 0.237 e. The average molecular weight is 698 g/mol. The fraction of sp³-hybridized carbons (Fsp3) is 0.667. The van der Waals surface area contributed by atoms with Crippen LogP contribution in [0.25, 0.3) is 11.0 Å². The zero-order chi connectivity index (χ0) is 27.9. The van der Waals surface area contributed by atoms with Crippen molar-refractivity contribution in [2.45, 2.75) is 77.7 Å². The molecule has 1 aliphatic heterocycles. The van der Waals surface area contributed by atoms with Gasteiger partial charge < -0.3 is 30.2 Å². The number of hydrogen-bond donors (Lipinski definition) is 2. The fourth-order valence-electron chi connectivity index (χ4n) is 6.21. The number of carbonyl (C=O) groups excluding carboxylic acids is 2. The quantitative estimate of drug-likeness (QED) is 0.205. The van der Waals surface area contributed by atoms with Crippen molar-refractivity contribution in [1.29, 1.82) is 0 Å². The van der Waals surface area contributed by atoms with Gasteiger partial charge in [-0.15, -0.1) is 0 Å². The number of unbranched alkanes of at least 4 members (excludes halogenated alkanes) is 2. The monoisotopic (exact) mass is 697 g/mol. The Morgan fingerprint density at radius 1 is 1.17 bits per heavy atom. The van der Waals surface area contributed by atoms with E-state index in [4.69, 9.17) is 4.74 Å². The second-order valence-electron chi connectivity index (χ2n) is 11.3. The molecular formula is C30H45N4O6VY-. The molecule has 230 valence electrons. The van der Waals surface area contributed by atoms with Crippen molar-refractivity contribution in [1.82, 2.24) is 19.9 Å². The van der Waals surface area contributed by atoms with Gasteiger partial charge in [0.1, 0.15) is 18.0 Å². The number of aryl methyl sites for hydroxylation is 1. The number of phenols is 1. The van der Waals surface area contributed by atoms with Gasteiger partial charge in [0.2, 0.25) is 11.8 Å². The largest absolute Gasteiger partial charge is 0.540 e. The maximum absolute atomic E-state index is 11.7. The number of rotatable bonds is 11. The molecule has 4 N–H and O–H groups in total. The Balaban J connectivity index is 0.000000432. The Bertz CT molecular complexity index is 1140. The third-order valence-corrected chi connectivity index (χ3v) is 8.68. The number of ether oxygens (including phenoxy) is 1. The van der Waals surface area contributed by atoms with Gasteiger partial charge in [0, 0.05) is 70.4 Å². The van der Waals surface area contributed by atoms with E-state index in [9.17, 15) is 19.9 Å². The Kier molecular flexibility index (Phi) is 17.2.